The Hall–Kier alpha value is -1.53. The Labute approximate surface area is 92.8 Å². The summed E-state index contributed by atoms with van der Waals surface area (Å²) in [5.74, 6) is -1.18. The lowest BCUT2D eigenvalue weighted by atomic mass is 10.2. The second-order valence-corrected chi connectivity index (χ2v) is 3.22. The Bertz CT molecular complexity index is 360. The molecule has 1 atom stereocenters. The largest absolute Gasteiger partial charge is 0.383 e. The summed E-state index contributed by atoms with van der Waals surface area (Å²) >= 11 is 0. The first-order chi connectivity index (χ1) is 7.69. The van der Waals surface area contributed by atoms with Gasteiger partial charge in [-0.3, -0.25) is 9.78 Å². The van der Waals surface area contributed by atoms with Gasteiger partial charge in [0.25, 0.3) is 5.91 Å². The third kappa shape index (κ3) is 3.25. The SMILES string of the molecule is COCC(CN)NC(=O)c1ccncc1F. The van der Waals surface area contributed by atoms with Crippen molar-refractivity contribution < 1.29 is 13.9 Å². The number of nitrogens with two attached hydrogens (primary N) is 1. The number of amides is 1. The lowest BCUT2D eigenvalue weighted by molar-refractivity contribution is 0.0896. The van der Waals surface area contributed by atoms with Crippen molar-refractivity contribution in [3.8, 4) is 0 Å². The standard InChI is InChI=1S/C10H14FN3O2/c1-16-6-7(4-12)14-10(15)8-2-3-13-5-9(8)11/h2-3,5,7H,4,6,12H2,1H3,(H,14,15). The van der Waals surface area contributed by atoms with Crippen molar-refractivity contribution >= 4 is 5.91 Å². The number of carbonyl (C=O) groups excluding carboxylic acids is 1. The monoisotopic (exact) mass is 227 g/mol. The summed E-state index contributed by atoms with van der Waals surface area (Å²) in [5.41, 5.74) is 5.37. The minimum Gasteiger partial charge on any atom is -0.383 e. The van der Waals surface area contributed by atoms with Gasteiger partial charge in [-0.05, 0) is 6.07 Å². The molecule has 0 fully saturated rings. The number of pyridine rings is 1. The number of rotatable bonds is 5. The fourth-order valence-electron chi connectivity index (χ4n) is 1.19. The maximum Gasteiger partial charge on any atom is 0.254 e. The highest BCUT2D eigenvalue weighted by Gasteiger charge is 2.15. The molecule has 1 heterocycles. The molecule has 0 aliphatic heterocycles. The Balaban J connectivity index is 2.68. The van der Waals surface area contributed by atoms with Crippen LogP contribution in [-0.2, 0) is 4.74 Å². The fraction of sp³-hybridized carbons (Fsp3) is 0.400. The molecule has 1 aromatic rings. The molecule has 3 N–H and O–H groups in total. The van der Waals surface area contributed by atoms with Crippen LogP contribution in [0.3, 0.4) is 0 Å². The van der Waals surface area contributed by atoms with Gasteiger partial charge in [0.2, 0.25) is 0 Å². The highest BCUT2D eigenvalue weighted by Crippen LogP contribution is 2.04. The highest BCUT2D eigenvalue weighted by atomic mass is 19.1. The van der Waals surface area contributed by atoms with Gasteiger partial charge in [0.1, 0.15) is 0 Å². The zero-order chi connectivity index (χ0) is 12.0. The van der Waals surface area contributed by atoms with E-state index in [2.05, 4.69) is 10.3 Å². The predicted molar refractivity (Wildman–Crippen MR) is 56.4 cm³/mol. The maximum absolute atomic E-state index is 13.2. The average Bonchev–Trinajstić information content (AvgIpc) is 2.28. The van der Waals surface area contributed by atoms with Crippen molar-refractivity contribution in [2.45, 2.75) is 6.04 Å². The first-order valence-electron chi connectivity index (χ1n) is 4.78. The second-order valence-electron chi connectivity index (χ2n) is 3.22. The maximum atomic E-state index is 13.2. The van der Waals surface area contributed by atoms with Crippen LogP contribution in [0.2, 0.25) is 0 Å². The van der Waals surface area contributed by atoms with E-state index in [9.17, 15) is 9.18 Å². The van der Waals surface area contributed by atoms with Gasteiger partial charge >= 0.3 is 0 Å². The summed E-state index contributed by atoms with van der Waals surface area (Å²) < 4.78 is 18.1. The molecule has 88 valence electrons. The number of hydrogen-bond acceptors (Lipinski definition) is 4. The zero-order valence-corrected chi connectivity index (χ0v) is 8.94. The Morgan fingerprint density at radius 2 is 2.50 bits per heavy atom. The lowest BCUT2D eigenvalue weighted by Crippen LogP contribution is -2.43. The number of hydrogen-bond donors (Lipinski definition) is 2. The molecule has 0 saturated carbocycles. The third-order valence-electron chi connectivity index (χ3n) is 2.00. The molecule has 1 amide bonds. The van der Waals surface area contributed by atoms with Crippen LogP contribution in [-0.4, -0.2) is 37.2 Å². The molecule has 16 heavy (non-hydrogen) atoms. The molecule has 0 aliphatic rings. The number of aromatic nitrogens is 1. The van der Waals surface area contributed by atoms with Crippen LogP contribution < -0.4 is 11.1 Å². The Morgan fingerprint density at radius 3 is 3.06 bits per heavy atom. The smallest absolute Gasteiger partial charge is 0.254 e. The summed E-state index contributed by atoms with van der Waals surface area (Å²) in [6.45, 7) is 0.515. The van der Waals surface area contributed by atoms with E-state index in [1.54, 1.807) is 0 Å². The quantitative estimate of drug-likeness (QED) is 0.737. The molecule has 6 heteroatoms. The average molecular weight is 227 g/mol. The van der Waals surface area contributed by atoms with E-state index in [4.69, 9.17) is 10.5 Å². The highest BCUT2D eigenvalue weighted by molar-refractivity contribution is 5.94. The second kappa shape index (κ2) is 6.14. The molecule has 0 saturated heterocycles. The van der Waals surface area contributed by atoms with Gasteiger partial charge in [-0.1, -0.05) is 0 Å². The van der Waals surface area contributed by atoms with Crippen molar-refractivity contribution in [1.82, 2.24) is 10.3 Å². The number of nitrogens with one attached hydrogen (secondary N) is 1. The van der Waals surface area contributed by atoms with E-state index < -0.39 is 11.7 Å². The van der Waals surface area contributed by atoms with Crippen LogP contribution in [0.15, 0.2) is 18.5 Å². The summed E-state index contributed by atoms with van der Waals surface area (Å²) in [7, 11) is 1.50. The summed E-state index contributed by atoms with van der Waals surface area (Å²) in [4.78, 5) is 15.2. The topological polar surface area (TPSA) is 77.2 Å². The number of nitrogens with zero attached hydrogens (tertiary/aromatic N) is 1. The van der Waals surface area contributed by atoms with E-state index in [1.807, 2.05) is 0 Å². The summed E-state index contributed by atoms with van der Waals surface area (Å²) in [5, 5.41) is 2.57. The van der Waals surface area contributed by atoms with Crippen LogP contribution in [0.25, 0.3) is 0 Å². The molecular formula is C10H14FN3O2. The van der Waals surface area contributed by atoms with Gasteiger partial charge in [-0.2, -0.15) is 0 Å². The minimum atomic E-state index is -0.659. The lowest BCUT2D eigenvalue weighted by Gasteiger charge is -2.15. The molecule has 0 spiro atoms. The normalized spacial score (nSPS) is 12.2. The van der Waals surface area contributed by atoms with E-state index >= 15 is 0 Å². The molecule has 1 aromatic heterocycles. The fourth-order valence-corrected chi connectivity index (χ4v) is 1.19. The van der Waals surface area contributed by atoms with Crippen molar-refractivity contribution in [1.29, 1.82) is 0 Å². The molecule has 0 radical (unpaired) electrons. The number of methoxy groups -OCH3 is 1. The number of halogens is 1. The van der Waals surface area contributed by atoms with E-state index in [1.165, 1.54) is 19.4 Å². The molecular weight excluding hydrogens is 213 g/mol. The van der Waals surface area contributed by atoms with Gasteiger partial charge in [-0.25, -0.2) is 4.39 Å². The first-order valence-corrected chi connectivity index (χ1v) is 4.78. The van der Waals surface area contributed by atoms with Crippen LogP contribution >= 0.6 is 0 Å². The first kappa shape index (κ1) is 12.5. The van der Waals surface area contributed by atoms with E-state index in [0.29, 0.717) is 0 Å². The molecule has 0 aromatic carbocycles. The van der Waals surface area contributed by atoms with Crippen LogP contribution in [0.5, 0.6) is 0 Å². The van der Waals surface area contributed by atoms with Gasteiger partial charge in [0, 0.05) is 19.9 Å². The number of ether oxygens (including phenoxy) is 1. The summed E-state index contributed by atoms with van der Waals surface area (Å²) in [6, 6.07) is 0.982. The van der Waals surface area contributed by atoms with Crippen molar-refractivity contribution in [3.63, 3.8) is 0 Å². The van der Waals surface area contributed by atoms with Gasteiger partial charge < -0.3 is 15.8 Å². The minimum absolute atomic E-state index is 0.0513. The molecule has 0 bridgehead atoms. The molecule has 1 unspecified atom stereocenters. The predicted octanol–water partition coefficient (Wildman–Crippen LogP) is -0.0758. The van der Waals surface area contributed by atoms with Gasteiger partial charge in [-0.15, -0.1) is 0 Å². The van der Waals surface area contributed by atoms with Gasteiger partial charge in [0.15, 0.2) is 5.82 Å². The van der Waals surface area contributed by atoms with Gasteiger partial charge in [0.05, 0.1) is 24.4 Å². The summed E-state index contributed by atoms with van der Waals surface area (Å²) in [6.07, 6.45) is 2.34. The van der Waals surface area contributed by atoms with E-state index in [-0.39, 0.29) is 24.8 Å². The van der Waals surface area contributed by atoms with Crippen LogP contribution in [0, 0.1) is 5.82 Å². The number of carbonyl (C=O) groups is 1. The molecule has 1 rings (SSSR count). The van der Waals surface area contributed by atoms with Crippen LogP contribution in [0.4, 0.5) is 4.39 Å². The molecule has 5 nitrogen and oxygen atoms in total. The van der Waals surface area contributed by atoms with E-state index in [0.717, 1.165) is 6.20 Å². The van der Waals surface area contributed by atoms with Crippen molar-refractivity contribution in [2.24, 2.45) is 5.73 Å². The van der Waals surface area contributed by atoms with Crippen molar-refractivity contribution in [2.75, 3.05) is 20.3 Å². The van der Waals surface area contributed by atoms with Crippen LogP contribution in [0.1, 0.15) is 10.4 Å². The van der Waals surface area contributed by atoms with Crippen molar-refractivity contribution in [3.05, 3.63) is 29.8 Å². The molecule has 0 aliphatic carbocycles. The third-order valence-corrected chi connectivity index (χ3v) is 2.00. The Morgan fingerprint density at radius 1 is 1.75 bits per heavy atom. The Kier molecular flexibility index (Phi) is 4.81. The zero-order valence-electron chi connectivity index (χ0n) is 8.94.